The molecule has 1 aromatic rings. The molecule has 0 aliphatic carbocycles. The first-order valence-electron chi connectivity index (χ1n) is 4.46. The molecule has 0 fully saturated rings. The molecule has 78 valence electrons. The Morgan fingerprint density at radius 3 is 2.43 bits per heavy atom. The first kappa shape index (κ1) is 13.4. The van der Waals surface area contributed by atoms with Crippen LogP contribution in [-0.4, -0.2) is 11.1 Å². The molecule has 0 radical (unpaired) electrons. The average Bonchev–Trinajstić information content (AvgIpc) is 2.15. The van der Waals surface area contributed by atoms with Gasteiger partial charge in [0.05, 0.1) is 5.56 Å². The quantitative estimate of drug-likeness (QED) is 0.542. The third-order valence-corrected chi connectivity index (χ3v) is 1.91. The van der Waals surface area contributed by atoms with Gasteiger partial charge in [-0.15, -0.1) is 0 Å². The summed E-state index contributed by atoms with van der Waals surface area (Å²) in [4.78, 5) is 10.5. The van der Waals surface area contributed by atoms with Crippen LogP contribution in [0.1, 0.15) is 30.1 Å². The van der Waals surface area contributed by atoms with E-state index < -0.39 is 5.97 Å². The van der Waals surface area contributed by atoms with Crippen molar-refractivity contribution < 1.29 is 38.4 Å². The summed E-state index contributed by atoms with van der Waals surface area (Å²) < 4.78 is 2.00. The molecule has 1 N–H and O–H groups in total. The Morgan fingerprint density at radius 1 is 1.43 bits per heavy atom. The Bertz CT molecular complexity index is 285. The van der Waals surface area contributed by atoms with E-state index in [1.807, 2.05) is 4.57 Å². The van der Waals surface area contributed by atoms with Gasteiger partial charge >= 0.3 is 5.97 Å². The van der Waals surface area contributed by atoms with Gasteiger partial charge in [-0.05, 0) is 0 Å². The van der Waals surface area contributed by atoms with E-state index in [4.69, 9.17) is 5.11 Å². The number of carboxylic acid groups (broad SMARTS) is 1. The van der Waals surface area contributed by atoms with Gasteiger partial charge in [0.15, 0.2) is 12.4 Å². The summed E-state index contributed by atoms with van der Waals surface area (Å²) >= 11 is 0. The normalized spacial score (nSPS) is 9.21. The van der Waals surface area contributed by atoms with Gasteiger partial charge in [0.1, 0.15) is 6.54 Å². The van der Waals surface area contributed by atoms with E-state index in [1.165, 1.54) is 0 Å². The molecular weight excluding hydrogens is 293 g/mol. The zero-order valence-electron chi connectivity index (χ0n) is 8.11. The minimum atomic E-state index is -0.873. The molecule has 0 aromatic carbocycles. The van der Waals surface area contributed by atoms with Crippen LogP contribution in [0, 0.1) is 0 Å². The fourth-order valence-corrected chi connectivity index (χ4v) is 1.09. The van der Waals surface area contributed by atoms with Crippen LogP contribution in [0.15, 0.2) is 24.5 Å². The minimum Gasteiger partial charge on any atom is -1.00 e. The lowest BCUT2D eigenvalue weighted by atomic mass is 10.2. The molecule has 14 heavy (non-hydrogen) atoms. The predicted octanol–water partition coefficient (Wildman–Crippen LogP) is -1.52. The zero-order valence-corrected chi connectivity index (χ0v) is 10.3. The molecule has 0 amide bonds. The summed E-state index contributed by atoms with van der Waals surface area (Å²) in [6, 6.07) is 3.25. The van der Waals surface area contributed by atoms with Crippen molar-refractivity contribution in [2.24, 2.45) is 0 Å². The summed E-state index contributed by atoms with van der Waals surface area (Å²) in [5.74, 6) is -0.873. The lowest BCUT2D eigenvalue weighted by molar-refractivity contribution is -0.697. The highest BCUT2D eigenvalue weighted by atomic mass is 127. The number of aryl methyl sites for hydroxylation is 1. The number of carboxylic acids is 1. The van der Waals surface area contributed by atoms with Gasteiger partial charge in [0, 0.05) is 18.6 Å². The van der Waals surface area contributed by atoms with Gasteiger partial charge in [-0.1, -0.05) is 13.3 Å². The van der Waals surface area contributed by atoms with Gasteiger partial charge < -0.3 is 29.1 Å². The Kier molecular flexibility index (Phi) is 6.44. The number of carbonyl (C=O) groups is 1. The molecule has 4 heteroatoms. The van der Waals surface area contributed by atoms with E-state index in [0.717, 1.165) is 19.4 Å². The number of rotatable bonds is 4. The summed E-state index contributed by atoms with van der Waals surface area (Å²) in [5, 5.41) is 8.64. The maximum atomic E-state index is 10.5. The predicted molar refractivity (Wildman–Crippen MR) is 48.5 cm³/mol. The Morgan fingerprint density at radius 2 is 2.00 bits per heavy atom. The zero-order chi connectivity index (χ0) is 9.68. The molecule has 0 spiro atoms. The van der Waals surface area contributed by atoms with E-state index in [1.54, 1.807) is 24.5 Å². The van der Waals surface area contributed by atoms with Crippen molar-refractivity contribution in [2.75, 3.05) is 0 Å². The van der Waals surface area contributed by atoms with E-state index in [9.17, 15) is 4.79 Å². The fraction of sp³-hybridized carbons (Fsp3) is 0.400. The standard InChI is InChI=1S/C10H13NO2.HI/c1-2-3-6-11-7-4-9(5-8-11)10(12)13;/h4-5,7-8H,2-3,6H2,1H3;1H. The highest BCUT2D eigenvalue weighted by Gasteiger charge is 2.04. The van der Waals surface area contributed by atoms with Crippen molar-refractivity contribution in [3.63, 3.8) is 0 Å². The molecular formula is C10H14INO2. The number of hydrogen-bond donors (Lipinski definition) is 1. The van der Waals surface area contributed by atoms with Gasteiger partial charge in [0.2, 0.25) is 0 Å². The fourth-order valence-electron chi connectivity index (χ4n) is 1.09. The summed E-state index contributed by atoms with van der Waals surface area (Å²) in [6.07, 6.45) is 5.88. The van der Waals surface area contributed by atoms with Crippen LogP contribution in [0.2, 0.25) is 0 Å². The summed E-state index contributed by atoms with van der Waals surface area (Å²) in [6.45, 7) is 3.09. The van der Waals surface area contributed by atoms with Crippen LogP contribution >= 0.6 is 0 Å². The van der Waals surface area contributed by atoms with Crippen molar-refractivity contribution in [2.45, 2.75) is 26.3 Å². The summed E-state index contributed by atoms with van der Waals surface area (Å²) in [7, 11) is 0. The average molecular weight is 307 g/mol. The number of nitrogens with zero attached hydrogens (tertiary/aromatic N) is 1. The largest absolute Gasteiger partial charge is 1.00 e. The van der Waals surface area contributed by atoms with Crippen molar-refractivity contribution in [3.8, 4) is 0 Å². The van der Waals surface area contributed by atoms with Gasteiger partial charge in [-0.2, -0.15) is 0 Å². The Balaban J connectivity index is 0.00000169. The van der Waals surface area contributed by atoms with E-state index in [0.29, 0.717) is 5.56 Å². The lowest BCUT2D eigenvalue weighted by Crippen LogP contribution is -3.00. The lowest BCUT2D eigenvalue weighted by Gasteiger charge is -1.95. The molecule has 0 bridgehead atoms. The van der Waals surface area contributed by atoms with Crippen molar-refractivity contribution in [1.29, 1.82) is 0 Å². The number of hydrogen-bond acceptors (Lipinski definition) is 1. The molecule has 0 saturated carbocycles. The molecule has 1 rings (SSSR count). The SMILES string of the molecule is CCCC[n+]1ccc(C(=O)O)cc1.[I-]. The van der Waals surface area contributed by atoms with E-state index in [-0.39, 0.29) is 24.0 Å². The molecule has 0 saturated heterocycles. The number of aromatic carboxylic acids is 1. The third-order valence-electron chi connectivity index (χ3n) is 1.91. The molecule has 0 unspecified atom stereocenters. The second-order valence-corrected chi connectivity index (χ2v) is 2.98. The highest BCUT2D eigenvalue weighted by Crippen LogP contribution is 1.94. The molecule has 0 atom stereocenters. The van der Waals surface area contributed by atoms with Crippen LogP contribution in [-0.2, 0) is 6.54 Å². The maximum absolute atomic E-state index is 10.5. The van der Waals surface area contributed by atoms with Crippen LogP contribution in [0.25, 0.3) is 0 Å². The number of unbranched alkanes of at least 4 members (excludes halogenated alkanes) is 1. The number of pyridine rings is 1. The Hall–Kier alpha value is -0.650. The Labute approximate surface area is 101 Å². The molecule has 0 aliphatic rings. The second kappa shape index (κ2) is 6.75. The minimum absolute atomic E-state index is 0. The topological polar surface area (TPSA) is 41.2 Å². The first-order valence-corrected chi connectivity index (χ1v) is 4.46. The summed E-state index contributed by atoms with van der Waals surface area (Å²) in [5.41, 5.74) is 0.341. The number of aromatic nitrogens is 1. The third kappa shape index (κ3) is 4.04. The first-order chi connectivity index (χ1) is 6.24. The van der Waals surface area contributed by atoms with Crippen LogP contribution < -0.4 is 28.5 Å². The van der Waals surface area contributed by atoms with E-state index >= 15 is 0 Å². The number of halogens is 1. The molecule has 1 heterocycles. The van der Waals surface area contributed by atoms with Crippen LogP contribution in [0.5, 0.6) is 0 Å². The van der Waals surface area contributed by atoms with Crippen molar-refractivity contribution >= 4 is 5.97 Å². The molecule has 1 aromatic heterocycles. The van der Waals surface area contributed by atoms with Crippen molar-refractivity contribution in [1.82, 2.24) is 0 Å². The van der Waals surface area contributed by atoms with E-state index in [2.05, 4.69) is 6.92 Å². The smallest absolute Gasteiger partial charge is 0.336 e. The highest BCUT2D eigenvalue weighted by molar-refractivity contribution is 5.87. The van der Waals surface area contributed by atoms with Gasteiger partial charge in [0.25, 0.3) is 0 Å². The molecule has 3 nitrogen and oxygen atoms in total. The monoisotopic (exact) mass is 307 g/mol. The second-order valence-electron chi connectivity index (χ2n) is 2.98. The maximum Gasteiger partial charge on any atom is 0.336 e. The molecule has 0 aliphatic heterocycles. The van der Waals surface area contributed by atoms with Gasteiger partial charge in [-0.25, -0.2) is 9.36 Å². The van der Waals surface area contributed by atoms with Crippen LogP contribution in [0.3, 0.4) is 0 Å². The van der Waals surface area contributed by atoms with Gasteiger partial charge in [-0.3, -0.25) is 0 Å². The van der Waals surface area contributed by atoms with Crippen molar-refractivity contribution in [3.05, 3.63) is 30.1 Å². The van der Waals surface area contributed by atoms with Crippen LogP contribution in [0.4, 0.5) is 0 Å².